The highest BCUT2D eigenvalue weighted by Gasteiger charge is 2.33. The van der Waals surface area contributed by atoms with E-state index in [0.717, 1.165) is 12.1 Å². The van der Waals surface area contributed by atoms with Gasteiger partial charge in [0.25, 0.3) is 5.69 Å². The van der Waals surface area contributed by atoms with Crippen molar-refractivity contribution in [3.8, 4) is 5.69 Å². The summed E-state index contributed by atoms with van der Waals surface area (Å²) in [5, 5.41) is 11.1. The van der Waals surface area contributed by atoms with Crippen LogP contribution in [0, 0.1) is 10.1 Å². The number of nitro groups is 1. The number of halogens is 3. The molecule has 8 heteroatoms. The molecule has 0 aliphatic carbocycles. The Morgan fingerprint density at radius 1 is 1.14 bits per heavy atom. The fourth-order valence-electron chi connectivity index (χ4n) is 2.20. The average Bonchev–Trinajstić information content (AvgIpc) is 2.89. The van der Waals surface area contributed by atoms with Crippen LogP contribution in [-0.4, -0.2) is 14.5 Å². The highest BCUT2D eigenvalue weighted by Crippen LogP contribution is 2.35. The van der Waals surface area contributed by atoms with E-state index in [1.165, 1.54) is 10.9 Å². The van der Waals surface area contributed by atoms with Gasteiger partial charge in [0.2, 0.25) is 0 Å². The predicted octanol–water partition coefficient (Wildman–Crippen LogP) is 3.95. The first kappa shape index (κ1) is 14.1. The standard InChI is InChI=1S/C14H8F3N3O2/c15-14(16,17)9-5-6-12(13(7-9)20(21)22)19-8-18-10-3-1-2-4-11(10)19/h1-8H. The molecule has 0 aliphatic heterocycles. The Kier molecular flexibility index (Phi) is 3.09. The summed E-state index contributed by atoms with van der Waals surface area (Å²) in [4.78, 5) is 14.4. The minimum atomic E-state index is -4.64. The zero-order valence-electron chi connectivity index (χ0n) is 10.9. The second-order valence-corrected chi connectivity index (χ2v) is 4.56. The fraction of sp³-hybridized carbons (Fsp3) is 0.0714. The molecule has 0 atom stereocenters. The van der Waals surface area contributed by atoms with Crippen LogP contribution in [0.2, 0.25) is 0 Å². The van der Waals surface area contributed by atoms with Crippen LogP contribution in [0.1, 0.15) is 5.56 Å². The Morgan fingerprint density at radius 2 is 1.86 bits per heavy atom. The second kappa shape index (κ2) is 4.83. The van der Waals surface area contributed by atoms with Crippen LogP contribution in [0.4, 0.5) is 18.9 Å². The molecule has 22 heavy (non-hydrogen) atoms. The van der Waals surface area contributed by atoms with Crippen molar-refractivity contribution in [1.29, 1.82) is 0 Å². The maximum absolute atomic E-state index is 12.7. The Hall–Kier alpha value is -2.90. The van der Waals surface area contributed by atoms with E-state index >= 15 is 0 Å². The van der Waals surface area contributed by atoms with Gasteiger partial charge in [0.05, 0.1) is 21.5 Å². The molecular weight excluding hydrogens is 299 g/mol. The number of rotatable bonds is 2. The minimum Gasteiger partial charge on any atom is -0.293 e. The molecule has 3 aromatic rings. The van der Waals surface area contributed by atoms with Gasteiger partial charge in [-0.2, -0.15) is 13.2 Å². The third kappa shape index (κ3) is 2.28. The fourth-order valence-corrected chi connectivity index (χ4v) is 2.20. The van der Waals surface area contributed by atoms with E-state index < -0.39 is 22.4 Å². The lowest BCUT2D eigenvalue weighted by Gasteiger charge is -2.10. The highest BCUT2D eigenvalue weighted by atomic mass is 19.4. The van der Waals surface area contributed by atoms with Crippen molar-refractivity contribution in [2.45, 2.75) is 6.18 Å². The van der Waals surface area contributed by atoms with Gasteiger partial charge in [-0.3, -0.25) is 14.7 Å². The summed E-state index contributed by atoms with van der Waals surface area (Å²) in [6, 6.07) is 9.29. The quantitative estimate of drug-likeness (QED) is 0.532. The monoisotopic (exact) mass is 307 g/mol. The molecule has 0 amide bonds. The van der Waals surface area contributed by atoms with Gasteiger partial charge in [-0.05, 0) is 24.3 Å². The lowest BCUT2D eigenvalue weighted by atomic mass is 10.1. The number of hydrogen-bond acceptors (Lipinski definition) is 3. The van der Waals surface area contributed by atoms with Gasteiger partial charge in [-0.25, -0.2) is 4.98 Å². The van der Waals surface area contributed by atoms with Gasteiger partial charge in [0.15, 0.2) is 0 Å². The van der Waals surface area contributed by atoms with E-state index in [9.17, 15) is 23.3 Å². The van der Waals surface area contributed by atoms with Gasteiger partial charge < -0.3 is 0 Å². The van der Waals surface area contributed by atoms with Crippen molar-refractivity contribution in [2.75, 3.05) is 0 Å². The molecule has 0 bridgehead atoms. The van der Waals surface area contributed by atoms with E-state index in [4.69, 9.17) is 0 Å². The van der Waals surface area contributed by atoms with Crippen molar-refractivity contribution in [2.24, 2.45) is 0 Å². The van der Waals surface area contributed by atoms with Gasteiger partial charge in [0, 0.05) is 6.07 Å². The summed E-state index contributed by atoms with van der Waals surface area (Å²) in [5.41, 5.74) is -0.487. The van der Waals surface area contributed by atoms with Crippen molar-refractivity contribution < 1.29 is 18.1 Å². The molecular formula is C14H8F3N3O2. The normalized spacial score (nSPS) is 11.8. The first-order chi connectivity index (χ1) is 10.4. The zero-order valence-corrected chi connectivity index (χ0v) is 10.9. The van der Waals surface area contributed by atoms with Gasteiger partial charge >= 0.3 is 6.18 Å². The Labute approximate surface area is 121 Å². The zero-order chi connectivity index (χ0) is 15.9. The Bertz CT molecular complexity index is 871. The highest BCUT2D eigenvalue weighted by molar-refractivity contribution is 5.78. The lowest BCUT2D eigenvalue weighted by Crippen LogP contribution is -2.07. The van der Waals surface area contributed by atoms with Gasteiger partial charge in [-0.1, -0.05) is 12.1 Å². The topological polar surface area (TPSA) is 61.0 Å². The summed E-state index contributed by atoms with van der Waals surface area (Å²) in [6.07, 6.45) is -3.29. The van der Waals surface area contributed by atoms with Gasteiger partial charge in [-0.15, -0.1) is 0 Å². The van der Waals surface area contributed by atoms with Crippen molar-refractivity contribution in [3.63, 3.8) is 0 Å². The minimum absolute atomic E-state index is 0.0340. The number of hydrogen-bond donors (Lipinski definition) is 0. The van der Waals surface area contributed by atoms with Crippen LogP contribution >= 0.6 is 0 Å². The number of aromatic nitrogens is 2. The van der Waals surface area contributed by atoms with E-state index in [1.54, 1.807) is 24.3 Å². The molecule has 2 aromatic carbocycles. The number of fused-ring (bicyclic) bond motifs is 1. The third-order valence-electron chi connectivity index (χ3n) is 3.21. The maximum Gasteiger partial charge on any atom is 0.416 e. The average molecular weight is 307 g/mol. The van der Waals surface area contributed by atoms with Crippen LogP contribution < -0.4 is 0 Å². The summed E-state index contributed by atoms with van der Waals surface area (Å²) >= 11 is 0. The van der Waals surface area contributed by atoms with E-state index in [2.05, 4.69) is 4.98 Å². The van der Waals surface area contributed by atoms with Crippen molar-refractivity contribution >= 4 is 16.7 Å². The molecule has 112 valence electrons. The maximum atomic E-state index is 12.7. The van der Waals surface area contributed by atoms with Crippen LogP contribution in [0.25, 0.3) is 16.7 Å². The number of para-hydroxylation sites is 2. The van der Waals surface area contributed by atoms with E-state index in [-0.39, 0.29) is 5.69 Å². The molecule has 0 aliphatic rings. The predicted molar refractivity (Wildman–Crippen MR) is 72.7 cm³/mol. The first-order valence-electron chi connectivity index (χ1n) is 6.16. The lowest BCUT2D eigenvalue weighted by molar-refractivity contribution is -0.384. The molecule has 0 spiro atoms. The smallest absolute Gasteiger partial charge is 0.293 e. The van der Waals surface area contributed by atoms with E-state index in [1.807, 2.05) is 0 Å². The molecule has 0 radical (unpaired) electrons. The molecule has 0 fully saturated rings. The van der Waals surface area contributed by atoms with Crippen LogP contribution in [0.3, 0.4) is 0 Å². The summed E-state index contributed by atoms with van der Waals surface area (Å²) in [5.74, 6) is 0. The largest absolute Gasteiger partial charge is 0.416 e. The Morgan fingerprint density at radius 3 is 2.55 bits per heavy atom. The SMILES string of the molecule is O=[N+]([O-])c1cc(C(F)(F)F)ccc1-n1cnc2ccccc21. The molecule has 0 unspecified atom stereocenters. The van der Waals surface area contributed by atoms with Crippen molar-refractivity contribution in [3.05, 3.63) is 64.5 Å². The number of nitro benzene ring substituents is 1. The molecule has 0 saturated heterocycles. The Balaban J connectivity index is 2.25. The number of nitrogens with zero attached hydrogens (tertiary/aromatic N) is 3. The van der Waals surface area contributed by atoms with Crippen molar-refractivity contribution in [1.82, 2.24) is 9.55 Å². The van der Waals surface area contributed by atoms with Crippen LogP contribution in [-0.2, 0) is 6.18 Å². The van der Waals surface area contributed by atoms with Gasteiger partial charge in [0.1, 0.15) is 12.0 Å². The van der Waals surface area contributed by atoms with E-state index in [0.29, 0.717) is 17.1 Å². The molecule has 1 aromatic heterocycles. The molecule has 0 N–H and O–H groups in total. The molecule has 1 heterocycles. The third-order valence-corrected chi connectivity index (χ3v) is 3.21. The molecule has 3 rings (SSSR count). The number of benzene rings is 2. The summed E-state index contributed by atoms with van der Waals surface area (Å²) < 4.78 is 39.5. The van der Waals surface area contributed by atoms with Crippen LogP contribution in [0.5, 0.6) is 0 Å². The second-order valence-electron chi connectivity index (χ2n) is 4.56. The molecule has 5 nitrogen and oxygen atoms in total. The first-order valence-corrected chi connectivity index (χ1v) is 6.16. The number of imidazole rings is 1. The molecule has 0 saturated carbocycles. The van der Waals surface area contributed by atoms with Crippen LogP contribution in [0.15, 0.2) is 48.8 Å². The summed E-state index contributed by atoms with van der Waals surface area (Å²) in [6.45, 7) is 0. The number of alkyl halides is 3. The summed E-state index contributed by atoms with van der Waals surface area (Å²) in [7, 11) is 0.